The average molecular weight is 274 g/mol. The van der Waals surface area contributed by atoms with Crippen LogP contribution in [-0.2, 0) is 9.37 Å². The van der Waals surface area contributed by atoms with E-state index in [-0.39, 0.29) is 29.6 Å². The maximum atomic E-state index is 9.75. The van der Waals surface area contributed by atoms with Gasteiger partial charge >= 0.3 is 29.6 Å². The van der Waals surface area contributed by atoms with Crippen molar-refractivity contribution in [2.75, 3.05) is 0 Å². The Morgan fingerprint density at radius 1 is 1.28 bits per heavy atom. The van der Waals surface area contributed by atoms with Gasteiger partial charge in [-0.2, -0.15) is 9.43 Å². The van der Waals surface area contributed by atoms with Crippen LogP contribution < -0.4 is 34.8 Å². The van der Waals surface area contributed by atoms with E-state index in [1.165, 1.54) is 0 Å². The van der Waals surface area contributed by atoms with Crippen LogP contribution in [0.2, 0.25) is 0 Å². The molecular weight excluding hydrogens is 263 g/mol. The molecule has 0 radical (unpaired) electrons. The number of aryl methyl sites for hydroxylation is 2. The van der Waals surface area contributed by atoms with Crippen LogP contribution in [0.15, 0.2) is 35.2 Å². The monoisotopic (exact) mass is 274 g/mol. The minimum atomic E-state index is 0. The molecule has 1 aromatic heterocycles. The molecule has 18 heavy (non-hydrogen) atoms. The van der Waals surface area contributed by atoms with Crippen LogP contribution in [0.1, 0.15) is 11.4 Å². The summed E-state index contributed by atoms with van der Waals surface area (Å²) in [4.78, 5) is 0.769. The third-order valence-corrected chi connectivity index (χ3v) is 2.80. The Morgan fingerprint density at radius 3 is 2.67 bits per heavy atom. The third kappa shape index (κ3) is 3.83. The van der Waals surface area contributed by atoms with Crippen LogP contribution in [0.25, 0.3) is 5.69 Å². The van der Waals surface area contributed by atoms with Crippen molar-refractivity contribution in [3.63, 3.8) is 0 Å². The van der Waals surface area contributed by atoms with Crippen molar-refractivity contribution in [2.45, 2.75) is 18.7 Å². The van der Waals surface area contributed by atoms with Crippen LogP contribution in [-0.4, -0.2) is 9.78 Å². The van der Waals surface area contributed by atoms with Crippen LogP contribution >= 0.6 is 12.0 Å². The molecule has 0 aliphatic carbocycles. The first-order valence-electron chi connectivity index (χ1n) is 4.97. The molecule has 2 rings (SSSR count). The Bertz CT molecular complexity index is 519. The molecule has 0 saturated heterocycles. The average Bonchev–Trinajstić information content (AvgIpc) is 2.66. The van der Waals surface area contributed by atoms with E-state index in [1.54, 1.807) is 0 Å². The molecule has 0 saturated carbocycles. The summed E-state index contributed by atoms with van der Waals surface area (Å²) in [5.41, 5.74) is 2.92. The van der Waals surface area contributed by atoms with E-state index in [2.05, 4.69) is 14.5 Å². The second-order valence-corrected chi connectivity index (χ2v) is 4.33. The Labute approximate surface area is 131 Å². The number of hydrogen-bond donors (Lipinski definition) is 0. The standard InChI is InChI=1S/C11H12N2O3S.Na/c1-8-6-9(2)13(12-8)10-4-3-5-11(7-10)17-16-15-14;/h3-7,14H,1-2H3;/q;+1/p-1. The molecule has 5 nitrogen and oxygen atoms in total. The summed E-state index contributed by atoms with van der Waals surface area (Å²) >= 11 is 0.866. The predicted molar refractivity (Wildman–Crippen MR) is 61.1 cm³/mol. The fourth-order valence-corrected chi connectivity index (χ4v) is 2.02. The third-order valence-electron chi connectivity index (χ3n) is 2.23. The maximum absolute atomic E-state index is 9.75. The van der Waals surface area contributed by atoms with Gasteiger partial charge in [0.05, 0.1) is 23.4 Å². The van der Waals surface area contributed by atoms with Crippen LogP contribution in [0.3, 0.4) is 0 Å². The molecule has 0 atom stereocenters. The summed E-state index contributed by atoms with van der Waals surface area (Å²) in [6.45, 7) is 3.92. The minimum Gasteiger partial charge on any atom is -0.691 e. The molecule has 0 fully saturated rings. The van der Waals surface area contributed by atoms with Crippen molar-refractivity contribution < 1.29 is 44.2 Å². The largest absolute Gasteiger partial charge is 1.00 e. The Balaban J connectivity index is 0.00000162. The summed E-state index contributed by atoms with van der Waals surface area (Å²) in [5, 5.41) is 17.4. The number of benzene rings is 1. The second-order valence-electron chi connectivity index (χ2n) is 3.56. The van der Waals surface area contributed by atoms with Crippen molar-refractivity contribution in [3.05, 3.63) is 41.7 Å². The first-order valence-corrected chi connectivity index (χ1v) is 5.72. The van der Waals surface area contributed by atoms with Gasteiger partial charge < -0.3 is 5.26 Å². The van der Waals surface area contributed by atoms with Crippen molar-refractivity contribution in [3.8, 4) is 5.69 Å². The molecule has 0 amide bonds. The number of aromatic nitrogens is 2. The zero-order valence-electron chi connectivity index (χ0n) is 10.4. The first-order chi connectivity index (χ1) is 8.20. The summed E-state index contributed by atoms with van der Waals surface area (Å²) in [7, 11) is 0. The van der Waals surface area contributed by atoms with E-state index in [0.717, 1.165) is 34.0 Å². The second kappa shape index (κ2) is 7.30. The minimum absolute atomic E-state index is 0. The van der Waals surface area contributed by atoms with Gasteiger partial charge in [0.15, 0.2) is 0 Å². The van der Waals surface area contributed by atoms with Gasteiger partial charge in [-0.05, 0) is 38.1 Å². The molecule has 0 aliphatic heterocycles. The van der Waals surface area contributed by atoms with Gasteiger partial charge in [-0.15, -0.1) is 0 Å². The van der Waals surface area contributed by atoms with Gasteiger partial charge in [0.1, 0.15) is 0 Å². The van der Waals surface area contributed by atoms with E-state index in [4.69, 9.17) is 0 Å². The fraction of sp³-hybridized carbons (Fsp3) is 0.182. The van der Waals surface area contributed by atoms with E-state index in [9.17, 15) is 5.26 Å². The topological polar surface area (TPSA) is 59.3 Å². The van der Waals surface area contributed by atoms with Gasteiger partial charge in [-0.25, -0.2) is 4.68 Å². The Morgan fingerprint density at radius 2 is 2.06 bits per heavy atom. The van der Waals surface area contributed by atoms with Crippen LogP contribution in [0.4, 0.5) is 0 Å². The molecule has 0 spiro atoms. The molecular formula is C11H11N2NaO3S. The number of rotatable bonds is 4. The maximum Gasteiger partial charge on any atom is 1.00 e. The van der Waals surface area contributed by atoms with Crippen molar-refractivity contribution in [1.29, 1.82) is 0 Å². The smallest absolute Gasteiger partial charge is 0.691 e. The molecule has 90 valence electrons. The Kier molecular flexibility index (Phi) is 6.37. The zero-order chi connectivity index (χ0) is 12.3. The van der Waals surface area contributed by atoms with E-state index in [1.807, 2.05) is 48.9 Å². The zero-order valence-corrected chi connectivity index (χ0v) is 13.2. The summed E-state index contributed by atoms with van der Waals surface area (Å²) < 4.78 is 6.11. The van der Waals surface area contributed by atoms with Crippen LogP contribution in [0.5, 0.6) is 0 Å². The fourth-order valence-electron chi connectivity index (χ4n) is 1.61. The van der Waals surface area contributed by atoms with E-state index in [0.29, 0.717) is 0 Å². The molecule has 2 aromatic rings. The molecule has 0 aliphatic rings. The van der Waals surface area contributed by atoms with Gasteiger partial charge in [-0.3, -0.25) is 5.04 Å². The summed E-state index contributed by atoms with van der Waals surface area (Å²) in [6.07, 6.45) is 0. The molecule has 0 N–H and O–H groups in total. The quantitative estimate of drug-likeness (QED) is 0.301. The van der Waals surface area contributed by atoms with E-state index >= 15 is 0 Å². The number of nitrogens with zero attached hydrogens (tertiary/aromatic N) is 2. The predicted octanol–water partition coefficient (Wildman–Crippen LogP) is -1.28. The first kappa shape index (κ1) is 15.7. The van der Waals surface area contributed by atoms with E-state index < -0.39 is 0 Å². The summed E-state index contributed by atoms with van der Waals surface area (Å²) in [6, 6.07) is 9.48. The molecule has 7 heteroatoms. The molecule has 0 bridgehead atoms. The van der Waals surface area contributed by atoms with Crippen LogP contribution in [0, 0.1) is 13.8 Å². The SMILES string of the molecule is Cc1cc(C)n(-c2cccc(SOO[O-])c2)n1.[Na+]. The summed E-state index contributed by atoms with van der Waals surface area (Å²) in [5.74, 6) is 0. The van der Waals surface area contributed by atoms with Crippen molar-refractivity contribution in [2.24, 2.45) is 0 Å². The van der Waals surface area contributed by atoms with Gasteiger partial charge in [0.2, 0.25) is 0 Å². The molecule has 1 heterocycles. The Hall–Kier alpha value is -0.340. The van der Waals surface area contributed by atoms with Crippen molar-refractivity contribution in [1.82, 2.24) is 9.78 Å². The van der Waals surface area contributed by atoms with Crippen molar-refractivity contribution >= 4 is 12.0 Å². The normalized spacial score (nSPS) is 10.2. The number of hydrogen-bond acceptors (Lipinski definition) is 5. The molecule has 1 aromatic carbocycles. The van der Waals surface area contributed by atoms with Gasteiger partial charge in [-0.1, -0.05) is 6.07 Å². The molecule has 0 unspecified atom stereocenters. The van der Waals surface area contributed by atoms with Gasteiger partial charge in [0.25, 0.3) is 0 Å². The van der Waals surface area contributed by atoms with Gasteiger partial charge in [0, 0.05) is 10.6 Å².